The Morgan fingerprint density at radius 2 is 1.83 bits per heavy atom. The molecular weight excluding hydrogens is 390 g/mol. The predicted molar refractivity (Wildman–Crippen MR) is 112 cm³/mol. The number of carbonyl (C=O) groups excluding carboxylic acids is 1. The Labute approximate surface area is 172 Å². The molecule has 0 saturated carbocycles. The quantitative estimate of drug-likeness (QED) is 0.746. The molecule has 2 aromatic carbocycles. The highest BCUT2D eigenvalue weighted by Crippen LogP contribution is 2.19. The molecule has 2 aromatic rings. The second-order valence-corrected chi connectivity index (χ2v) is 9.19. The number of nitrogens with one attached hydrogen (secondary N) is 1. The summed E-state index contributed by atoms with van der Waals surface area (Å²) in [5, 5.41) is 2.87. The highest BCUT2D eigenvalue weighted by molar-refractivity contribution is 7.89. The maximum absolute atomic E-state index is 12.8. The fraction of sp³-hybridized carbons (Fsp3) is 0.381. The van der Waals surface area contributed by atoms with Crippen molar-refractivity contribution in [2.24, 2.45) is 0 Å². The van der Waals surface area contributed by atoms with Crippen LogP contribution in [-0.2, 0) is 26.1 Å². The Kier molecular flexibility index (Phi) is 7.02. The minimum Gasteiger partial charge on any atom is -0.379 e. The largest absolute Gasteiger partial charge is 0.379 e. The monoisotopic (exact) mass is 417 g/mol. The zero-order chi connectivity index (χ0) is 20.9. The molecule has 1 N–H and O–H groups in total. The van der Waals surface area contributed by atoms with Crippen molar-refractivity contribution in [3.8, 4) is 0 Å². The van der Waals surface area contributed by atoms with E-state index in [1.54, 1.807) is 18.2 Å². The fourth-order valence-electron chi connectivity index (χ4n) is 3.19. The molecule has 3 rings (SSSR count). The van der Waals surface area contributed by atoms with Crippen LogP contribution < -0.4 is 5.32 Å². The van der Waals surface area contributed by atoms with Crippen molar-refractivity contribution in [1.82, 2.24) is 9.21 Å². The molecule has 0 aliphatic carbocycles. The van der Waals surface area contributed by atoms with Crippen LogP contribution in [0.15, 0.2) is 53.4 Å². The number of rotatable bonds is 7. The van der Waals surface area contributed by atoms with Gasteiger partial charge in [0.15, 0.2) is 0 Å². The summed E-state index contributed by atoms with van der Waals surface area (Å²) in [5.74, 6) is -0.117. The van der Waals surface area contributed by atoms with Crippen molar-refractivity contribution >= 4 is 21.6 Å². The molecule has 0 radical (unpaired) electrons. The summed E-state index contributed by atoms with van der Waals surface area (Å²) in [4.78, 5) is 14.4. The average molecular weight is 418 g/mol. The molecular formula is C21H27N3O4S. The smallest absolute Gasteiger partial charge is 0.243 e. The number of morpholine rings is 1. The number of sulfonamides is 1. The lowest BCUT2D eigenvalue weighted by atomic mass is 10.2. The Hall–Kier alpha value is -2.26. The zero-order valence-electron chi connectivity index (χ0n) is 16.8. The van der Waals surface area contributed by atoms with Crippen LogP contribution >= 0.6 is 0 Å². The van der Waals surface area contributed by atoms with Crippen molar-refractivity contribution in [2.75, 3.05) is 45.2 Å². The van der Waals surface area contributed by atoms with Crippen LogP contribution in [0.3, 0.4) is 0 Å². The first kappa shape index (κ1) is 21.4. The van der Waals surface area contributed by atoms with Crippen LogP contribution in [0, 0.1) is 6.92 Å². The lowest BCUT2D eigenvalue weighted by Crippen LogP contribution is -2.40. The topological polar surface area (TPSA) is 79.0 Å². The molecule has 0 atom stereocenters. The molecule has 0 aromatic heterocycles. The van der Waals surface area contributed by atoms with Gasteiger partial charge in [-0.05, 0) is 43.8 Å². The van der Waals surface area contributed by atoms with E-state index in [9.17, 15) is 13.2 Å². The van der Waals surface area contributed by atoms with Gasteiger partial charge in [-0.2, -0.15) is 4.31 Å². The van der Waals surface area contributed by atoms with Crippen molar-refractivity contribution in [1.29, 1.82) is 0 Å². The molecule has 0 bridgehead atoms. The normalized spacial score (nSPS) is 15.4. The Balaban J connectivity index is 1.60. The minimum atomic E-state index is -3.53. The van der Waals surface area contributed by atoms with Gasteiger partial charge < -0.3 is 10.1 Å². The third-order valence-corrected chi connectivity index (χ3v) is 6.60. The number of ether oxygens (including phenoxy) is 1. The van der Waals surface area contributed by atoms with Gasteiger partial charge in [0, 0.05) is 25.3 Å². The van der Waals surface area contributed by atoms with Crippen molar-refractivity contribution in [3.63, 3.8) is 0 Å². The molecule has 1 saturated heterocycles. The van der Waals surface area contributed by atoms with Crippen LogP contribution in [0.2, 0.25) is 0 Å². The second kappa shape index (κ2) is 9.49. The number of anilines is 1. The summed E-state index contributed by atoms with van der Waals surface area (Å²) in [7, 11) is -1.70. The van der Waals surface area contributed by atoms with Gasteiger partial charge in [0.05, 0.1) is 24.7 Å². The SMILES string of the molecule is Cc1ccc(NC(=O)CN(C)Cc2cccc(S(=O)(=O)N3CCOCC3)c2)cc1. The van der Waals surface area contributed by atoms with E-state index in [0.29, 0.717) is 32.8 Å². The minimum absolute atomic E-state index is 0.117. The average Bonchev–Trinajstić information content (AvgIpc) is 2.70. The van der Waals surface area contributed by atoms with Crippen LogP contribution in [0.5, 0.6) is 0 Å². The van der Waals surface area contributed by atoms with Crippen molar-refractivity contribution in [3.05, 3.63) is 59.7 Å². The van der Waals surface area contributed by atoms with Crippen LogP contribution in [0.1, 0.15) is 11.1 Å². The summed E-state index contributed by atoms with van der Waals surface area (Å²) in [6.45, 7) is 4.22. The Bertz CT molecular complexity index is 939. The fourth-order valence-corrected chi connectivity index (χ4v) is 4.67. The number of aryl methyl sites for hydroxylation is 1. The van der Waals surface area contributed by atoms with Gasteiger partial charge >= 0.3 is 0 Å². The molecule has 1 heterocycles. The van der Waals surface area contributed by atoms with Gasteiger partial charge in [-0.25, -0.2) is 8.42 Å². The summed E-state index contributed by atoms with van der Waals surface area (Å²) in [5.41, 5.74) is 2.73. The lowest BCUT2D eigenvalue weighted by Gasteiger charge is -2.26. The van der Waals surface area contributed by atoms with E-state index in [-0.39, 0.29) is 17.3 Å². The summed E-state index contributed by atoms with van der Waals surface area (Å²) >= 11 is 0. The number of amides is 1. The molecule has 0 unspecified atom stereocenters. The van der Waals surface area contributed by atoms with E-state index in [4.69, 9.17) is 4.74 Å². The van der Waals surface area contributed by atoms with Gasteiger partial charge in [0.1, 0.15) is 0 Å². The number of nitrogens with zero attached hydrogens (tertiary/aromatic N) is 2. The van der Waals surface area contributed by atoms with E-state index >= 15 is 0 Å². The predicted octanol–water partition coefficient (Wildman–Crippen LogP) is 2.09. The van der Waals surface area contributed by atoms with Crippen molar-refractivity contribution in [2.45, 2.75) is 18.4 Å². The molecule has 1 amide bonds. The maximum atomic E-state index is 12.8. The Morgan fingerprint density at radius 3 is 2.52 bits per heavy atom. The summed E-state index contributed by atoms with van der Waals surface area (Å²) in [6.07, 6.45) is 0. The van der Waals surface area contributed by atoms with Gasteiger partial charge in [-0.1, -0.05) is 29.8 Å². The first-order valence-electron chi connectivity index (χ1n) is 9.56. The van der Waals surface area contributed by atoms with E-state index in [1.807, 2.05) is 49.2 Å². The van der Waals surface area contributed by atoms with E-state index in [1.165, 1.54) is 4.31 Å². The molecule has 1 aliphatic rings. The Morgan fingerprint density at radius 1 is 1.14 bits per heavy atom. The number of carbonyl (C=O) groups is 1. The molecule has 7 nitrogen and oxygen atoms in total. The zero-order valence-corrected chi connectivity index (χ0v) is 17.6. The molecule has 8 heteroatoms. The van der Waals surface area contributed by atoms with Crippen LogP contribution in [-0.4, -0.2) is 63.4 Å². The summed E-state index contributed by atoms with van der Waals surface area (Å²) < 4.78 is 32.3. The highest BCUT2D eigenvalue weighted by Gasteiger charge is 2.26. The standard InChI is InChI=1S/C21H27N3O4S/c1-17-6-8-19(9-7-17)22-21(25)16-23(2)15-18-4-3-5-20(14-18)29(26,27)24-10-12-28-13-11-24/h3-9,14H,10-13,15-16H2,1-2H3,(H,22,25). The molecule has 0 spiro atoms. The van der Waals surface area contributed by atoms with E-state index < -0.39 is 10.0 Å². The van der Waals surface area contributed by atoms with Crippen LogP contribution in [0.25, 0.3) is 0 Å². The second-order valence-electron chi connectivity index (χ2n) is 7.25. The first-order chi connectivity index (χ1) is 13.8. The molecule has 29 heavy (non-hydrogen) atoms. The number of likely N-dealkylation sites (N-methyl/N-ethyl adjacent to an activating group) is 1. The highest BCUT2D eigenvalue weighted by atomic mass is 32.2. The van der Waals surface area contributed by atoms with Crippen molar-refractivity contribution < 1.29 is 17.9 Å². The number of hydrogen-bond donors (Lipinski definition) is 1. The van der Waals surface area contributed by atoms with Gasteiger partial charge in [0.2, 0.25) is 15.9 Å². The molecule has 156 valence electrons. The third kappa shape index (κ3) is 5.86. The van der Waals surface area contributed by atoms with Gasteiger partial charge in [0.25, 0.3) is 0 Å². The lowest BCUT2D eigenvalue weighted by molar-refractivity contribution is -0.117. The van der Waals surface area contributed by atoms with Gasteiger partial charge in [-0.3, -0.25) is 9.69 Å². The van der Waals surface area contributed by atoms with E-state index in [2.05, 4.69) is 5.32 Å². The molecule has 1 fully saturated rings. The first-order valence-corrected chi connectivity index (χ1v) is 11.0. The third-order valence-electron chi connectivity index (χ3n) is 4.71. The maximum Gasteiger partial charge on any atom is 0.243 e. The van der Waals surface area contributed by atoms with Crippen LogP contribution in [0.4, 0.5) is 5.69 Å². The summed E-state index contributed by atoms with van der Waals surface area (Å²) in [6, 6.07) is 14.5. The van der Waals surface area contributed by atoms with Gasteiger partial charge in [-0.15, -0.1) is 0 Å². The molecule has 1 aliphatic heterocycles. The van der Waals surface area contributed by atoms with E-state index in [0.717, 1.165) is 16.8 Å². The number of hydrogen-bond acceptors (Lipinski definition) is 5. The number of benzene rings is 2.